The van der Waals surface area contributed by atoms with Crippen LogP contribution in [-0.2, 0) is 13.0 Å². The van der Waals surface area contributed by atoms with Crippen LogP contribution in [0.15, 0.2) is 46.1 Å². The molecule has 7 heteroatoms. The number of hydrogen-bond donors (Lipinski definition) is 1. The standard InChI is InChI=1S/C21H24BrN5O/c1-5-27-18-9-8-14(22)11-16(18)17(12-21(3,4)25-26-23)20(27)15-7-6-10-24-19(15)13(2)28/h6-11,13,28H,5,12H2,1-4H3. The first-order valence-corrected chi connectivity index (χ1v) is 10.1. The van der Waals surface area contributed by atoms with Crippen LogP contribution in [0.4, 0.5) is 0 Å². The number of aliphatic hydroxyl groups excluding tert-OH is 1. The van der Waals surface area contributed by atoms with Crippen molar-refractivity contribution in [1.29, 1.82) is 0 Å². The summed E-state index contributed by atoms with van der Waals surface area (Å²) >= 11 is 3.58. The Bertz CT molecular complexity index is 1060. The smallest absolute Gasteiger partial charge is 0.0938 e. The number of hydrogen-bond acceptors (Lipinski definition) is 3. The van der Waals surface area contributed by atoms with Gasteiger partial charge in [0.05, 0.1) is 17.5 Å². The average molecular weight is 442 g/mol. The van der Waals surface area contributed by atoms with Crippen LogP contribution in [0, 0.1) is 0 Å². The Balaban J connectivity index is 2.41. The first-order valence-electron chi connectivity index (χ1n) is 9.29. The number of fused-ring (bicyclic) bond motifs is 1. The van der Waals surface area contributed by atoms with Gasteiger partial charge in [-0.15, -0.1) is 0 Å². The van der Waals surface area contributed by atoms with Gasteiger partial charge in [-0.05, 0) is 61.7 Å². The second-order valence-corrected chi connectivity index (χ2v) is 8.44. The molecule has 1 unspecified atom stereocenters. The molecule has 0 saturated carbocycles. The van der Waals surface area contributed by atoms with Gasteiger partial charge in [-0.2, -0.15) is 0 Å². The molecule has 28 heavy (non-hydrogen) atoms. The summed E-state index contributed by atoms with van der Waals surface area (Å²) in [7, 11) is 0. The maximum Gasteiger partial charge on any atom is 0.0938 e. The summed E-state index contributed by atoms with van der Waals surface area (Å²) in [6.45, 7) is 8.46. The Morgan fingerprint density at radius 3 is 2.75 bits per heavy atom. The minimum absolute atomic E-state index is 0.570. The Labute approximate surface area is 173 Å². The van der Waals surface area contributed by atoms with Crippen LogP contribution in [0.1, 0.15) is 45.1 Å². The van der Waals surface area contributed by atoms with E-state index in [1.807, 2.05) is 32.0 Å². The molecule has 0 aliphatic carbocycles. The largest absolute Gasteiger partial charge is 0.387 e. The first kappa shape index (κ1) is 20.4. The maximum absolute atomic E-state index is 10.3. The number of azide groups is 1. The molecule has 2 heterocycles. The lowest BCUT2D eigenvalue weighted by atomic mass is 9.91. The van der Waals surface area contributed by atoms with E-state index < -0.39 is 11.6 Å². The van der Waals surface area contributed by atoms with Crippen molar-refractivity contribution in [1.82, 2.24) is 9.55 Å². The zero-order valence-electron chi connectivity index (χ0n) is 16.5. The second kappa shape index (κ2) is 7.95. The lowest BCUT2D eigenvalue weighted by Crippen LogP contribution is -2.20. The summed E-state index contributed by atoms with van der Waals surface area (Å²) in [6.07, 6.45) is 1.58. The zero-order chi connectivity index (χ0) is 20.5. The molecule has 0 spiro atoms. The molecule has 0 saturated heterocycles. The van der Waals surface area contributed by atoms with Gasteiger partial charge in [-0.1, -0.05) is 34.9 Å². The van der Waals surface area contributed by atoms with Gasteiger partial charge in [0.1, 0.15) is 0 Å². The predicted octanol–water partition coefficient (Wildman–Crippen LogP) is 6.17. The topological polar surface area (TPSA) is 86.8 Å². The predicted molar refractivity (Wildman–Crippen MR) is 116 cm³/mol. The fraction of sp³-hybridized carbons (Fsp3) is 0.381. The highest BCUT2D eigenvalue weighted by atomic mass is 79.9. The van der Waals surface area contributed by atoms with Crippen molar-refractivity contribution in [3.05, 3.63) is 62.7 Å². The quantitative estimate of drug-likeness (QED) is 0.281. The van der Waals surface area contributed by atoms with Crippen molar-refractivity contribution in [3.8, 4) is 11.3 Å². The van der Waals surface area contributed by atoms with Gasteiger partial charge < -0.3 is 9.67 Å². The molecule has 6 nitrogen and oxygen atoms in total. The number of aliphatic hydroxyl groups is 1. The van der Waals surface area contributed by atoms with Crippen LogP contribution in [-0.4, -0.2) is 20.2 Å². The van der Waals surface area contributed by atoms with Gasteiger partial charge in [0.25, 0.3) is 0 Å². The third-order valence-corrected chi connectivity index (χ3v) is 5.35. The summed E-state index contributed by atoms with van der Waals surface area (Å²) in [5.74, 6) is 0. The monoisotopic (exact) mass is 441 g/mol. The minimum atomic E-state index is -0.691. The molecule has 1 N–H and O–H groups in total. The Hall–Kier alpha value is -2.34. The molecular weight excluding hydrogens is 418 g/mol. The van der Waals surface area contributed by atoms with Gasteiger partial charge in [-0.25, -0.2) is 0 Å². The van der Waals surface area contributed by atoms with Crippen LogP contribution in [0.25, 0.3) is 32.6 Å². The highest BCUT2D eigenvalue weighted by molar-refractivity contribution is 9.10. The van der Waals surface area contributed by atoms with Crippen molar-refractivity contribution < 1.29 is 5.11 Å². The normalized spacial score (nSPS) is 12.8. The van der Waals surface area contributed by atoms with E-state index in [9.17, 15) is 5.11 Å². The second-order valence-electron chi connectivity index (χ2n) is 7.52. The molecule has 0 amide bonds. The summed E-state index contributed by atoms with van der Waals surface area (Å²) in [6, 6.07) is 10.1. The number of benzene rings is 1. The lowest BCUT2D eigenvalue weighted by molar-refractivity contribution is 0.195. The van der Waals surface area contributed by atoms with Crippen molar-refractivity contribution in [2.75, 3.05) is 0 Å². The van der Waals surface area contributed by atoms with Crippen LogP contribution in [0.2, 0.25) is 0 Å². The van der Waals surface area contributed by atoms with E-state index in [1.54, 1.807) is 13.1 Å². The molecule has 1 atom stereocenters. The Morgan fingerprint density at radius 1 is 1.36 bits per heavy atom. The van der Waals surface area contributed by atoms with Crippen molar-refractivity contribution in [3.63, 3.8) is 0 Å². The van der Waals surface area contributed by atoms with Gasteiger partial charge in [0, 0.05) is 44.1 Å². The molecule has 0 fully saturated rings. The summed E-state index contributed by atoms with van der Waals surface area (Å²) < 4.78 is 3.23. The lowest BCUT2D eigenvalue weighted by Gasteiger charge is -2.20. The third-order valence-electron chi connectivity index (χ3n) is 4.86. The first-order chi connectivity index (χ1) is 13.3. The van der Waals surface area contributed by atoms with E-state index in [1.165, 1.54) is 0 Å². The van der Waals surface area contributed by atoms with E-state index in [-0.39, 0.29) is 0 Å². The number of nitrogens with zero attached hydrogens (tertiary/aromatic N) is 5. The van der Waals surface area contributed by atoms with Crippen LogP contribution >= 0.6 is 15.9 Å². The van der Waals surface area contributed by atoms with Gasteiger partial charge in [-0.3, -0.25) is 4.98 Å². The Kier molecular flexibility index (Phi) is 5.79. The fourth-order valence-corrected chi connectivity index (χ4v) is 4.11. The van der Waals surface area contributed by atoms with E-state index in [0.717, 1.165) is 38.7 Å². The molecule has 0 bridgehead atoms. The maximum atomic E-state index is 10.3. The summed E-state index contributed by atoms with van der Waals surface area (Å²) in [4.78, 5) is 7.47. The van der Waals surface area contributed by atoms with Crippen LogP contribution < -0.4 is 0 Å². The molecule has 3 aromatic rings. The molecule has 146 valence electrons. The molecule has 0 aliphatic heterocycles. The fourth-order valence-electron chi connectivity index (χ4n) is 3.75. The third kappa shape index (κ3) is 3.78. The molecule has 3 rings (SSSR count). The number of aryl methyl sites for hydroxylation is 1. The number of aromatic nitrogens is 2. The van der Waals surface area contributed by atoms with E-state index in [4.69, 9.17) is 5.53 Å². The number of halogens is 1. The SMILES string of the molecule is CCn1c(-c2cccnc2C(C)O)c(CC(C)(C)N=[N+]=[N-])c2cc(Br)ccc21. The minimum Gasteiger partial charge on any atom is -0.387 e. The molecule has 2 aromatic heterocycles. The number of pyridine rings is 1. The van der Waals surface area contributed by atoms with Crippen LogP contribution in [0.3, 0.4) is 0 Å². The molecule has 0 aliphatic rings. The highest BCUT2D eigenvalue weighted by Gasteiger charge is 2.26. The van der Waals surface area contributed by atoms with Crippen molar-refractivity contribution in [2.24, 2.45) is 5.11 Å². The molecule has 1 aromatic carbocycles. The van der Waals surface area contributed by atoms with Crippen LogP contribution in [0.5, 0.6) is 0 Å². The van der Waals surface area contributed by atoms with Gasteiger partial charge in [0.2, 0.25) is 0 Å². The van der Waals surface area contributed by atoms with Crippen molar-refractivity contribution in [2.45, 2.75) is 52.3 Å². The summed E-state index contributed by atoms with van der Waals surface area (Å²) in [5, 5.41) is 15.4. The number of rotatable bonds is 6. The van der Waals surface area contributed by atoms with E-state index in [0.29, 0.717) is 12.1 Å². The van der Waals surface area contributed by atoms with E-state index >= 15 is 0 Å². The Morgan fingerprint density at radius 2 is 2.11 bits per heavy atom. The van der Waals surface area contributed by atoms with E-state index in [2.05, 4.69) is 54.6 Å². The van der Waals surface area contributed by atoms with Gasteiger partial charge >= 0.3 is 0 Å². The zero-order valence-corrected chi connectivity index (χ0v) is 18.1. The highest BCUT2D eigenvalue weighted by Crippen LogP contribution is 2.39. The molecular formula is C21H24BrN5O. The van der Waals surface area contributed by atoms with Gasteiger partial charge in [0.15, 0.2) is 0 Å². The molecule has 0 radical (unpaired) electrons. The summed E-state index contributed by atoms with van der Waals surface area (Å²) in [5.41, 5.74) is 13.2. The average Bonchev–Trinajstić information content (AvgIpc) is 2.93. The van der Waals surface area contributed by atoms with Crippen molar-refractivity contribution >= 4 is 26.8 Å².